The van der Waals surface area contributed by atoms with Crippen LogP contribution in [0.4, 0.5) is 0 Å². The first-order chi connectivity index (χ1) is 11.7. The zero-order valence-electron chi connectivity index (χ0n) is 13.9. The lowest BCUT2D eigenvalue weighted by Gasteiger charge is -2.00. The van der Waals surface area contributed by atoms with Crippen molar-refractivity contribution in [1.82, 2.24) is 25.4 Å². The van der Waals surface area contributed by atoms with Gasteiger partial charge < -0.3 is 19.6 Å². The number of H-pyrrole nitrogens is 1. The molecule has 3 heterocycles. The lowest BCUT2D eigenvalue weighted by atomic mass is 10.1. The zero-order valence-corrected chi connectivity index (χ0v) is 13.9. The summed E-state index contributed by atoms with van der Waals surface area (Å²) in [7, 11) is 0. The van der Waals surface area contributed by atoms with E-state index in [2.05, 4.69) is 51.4 Å². The summed E-state index contributed by atoms with van der Waals surface area (Å²) in [6, 6.07) is 4.18. The summed E-state index contributed by atoms with van der Waals surface area (Å²) in [5.74, 6) is 2.13. The van der Waals surface area contributed by atoms with Crippen LogP contribution in [0.25, 0.3) is 11.0 Å². The molecule has 1 unspecified atom stereocenters. The lowest BCUT2D eigenvalue weighted by Crippen LogP contribution is -2.14. The Morgan fingerprint density at radius 3 is 3.00 bits per heavy atom. The number of hydrogen-bond donors (Lipinski definition) is 2. The monoisotopic (exact) mass is 327 g/mol. The van der Waals surface area contributed by atoms with Gasteiger partial charge in [-0.3, -0.25) is 0 Å². The van der Waals surface area contributed by atoms with Crippen molar-refractivity contribution in [1.29, 1.82) is 0 Å². The van der Waals surface area contributed by atoms with E-state index in [4.69, 9.17) is 9.26 Å². The van der Waals surface area contributed by atoms with E-state index in [1.807, 2.05) is 0 Å². The van der Waals surface area contributed by atoms with Gasteiger partial charge in [0.05, 0.1) is 24.1 Å². The standard InChI is InChI=1S/C17H21N5O2/c1-10-5-6-12-16(11(10)2)20-14(19-12)8-18-9-15-21-17(24-22-15)13-4-3-7-23-13/h5-6,13,18H,3-4,7-9H2,1-2H3,(H,19,20). The maximum Gasteiger partial charge on any atom is 0.255 e. The van der Waals surface area contributed by atoms with Gasteiger partial charge in [-0.15, -0.1) is 0 Å². The molecule has 1 aliphatic heterocycles. The van der Waals surface area contributed by atoms with Gasteiger partial charge in [-0.05, 0) is 43.9 Å². The van der Waals surface area contributed by atoms with Crippen molar-refractivity contribution in [3.63, 3.8) is 0 Å². The quantitative estimate of drug-likeness (QED) is 0.749. The third-order valence-electron chi connectivity index (χ3n) is 4.49. The summed E-state index contributed by atoms with van der Waals surface area (Å²) in [6.45, 7) is 6.12. The van der Waals surface area contributed by atoms with E-state index in [1.165, 1.54) is 11.1 Å². The molecule has 0 radical (unpaired) electrons. The fraction of sp³-hybridized carbons (Fsp3) is 0.471. The zero-order chi connectivity index (χ0) is 16.5. The van der Waals surface area contributed by atoms with Crippen molar-refractivity contribution in [3.8, 4) is 0 Å². The number of aromatic amines is 1. The summed E-state index contributed by atoms with van der Waals surface area (Å²) in [6.07, 6.45) is 1.96. The van der Waals surface area contributed by atoms with Crippen LogP contribution in [0.1, 0.15) is 47.6 Å². The molecule has 0 spiro atoms. The Morgan fingerprint density at radius 2 is 2.17 bits per heavy atom. The van der Waals surface area contributed by atoms with Crippen LogP contribution in [0.2, 0.25) is 0 Å². The molecule has 0 bridgehead atoms. The molecule has 0 saturated carbocycles. The highest BCUT2D eigenvalue weighted by Gasteiger charge is 2.23. The second-order valence-corrected chi connectivity index (χ2v) is 6.24. The highest BCUT2D eigenvalue weighted by atomic mass is 16.5. The van der Waals surface area contributed by atoms with Crippen LogP contribution in [0.3, 0.4) is 0 Å². The van der Waals surface area contributed by atoms with Crippen molar-refractivity contribution in [2.24, 2.45) is 0 Å². The van der Waals surface area contributed by atoms with Crippen molar-refractivity contribution in [3.05, 3.63) is 40.8 Å². The Kier molecular flexibility index (Phi) is 4.03. The minimum Gasteiger partial charge on any atom is -0.368 e. The van der Waals surface area contributed by atoms with Gasteiger partial charge in [-0.1, -0.05) is 11.2 Å². The van der Waals surface area contributed by atoms with Gasteiger partial charge in [0, 0.05) is 6.61 Å². The van der Waals surface area contributed by atoms with E-state index in [9.17, 15) is 0 Å². The largest absolute Gasteiger partial charge is 0.368 e. The molecule has 0 amide bonds. The Morgan fingerprint density at radius 1 is 1.25 bits per heavy atom. The maximum absolute atomic E-state index is 5.55. The molecule has 1 aliphatic rings. The Bertz CT molecular complexity index is 848. The highest BCUT2D eigenvalue weighted by molar-refractivity contribution is 5.79. The van der Waals surface area contributed by atoms with E-state index in [0.717, 1.165) is 36.3 Å². The first-order valence-corrected chi connectivity index (χ1v) is 8.30. The number of fused-ring (bicyclic) bond motifs is 1. The average molecular weight is 327 g/mol. The molecule has 1 fully saturated rings. The van der Waals surface area contributed by atoms with Gasteiger partial charge in [-0.25, -0.2) is 4.98 Å². The summed E-state index contributed by atoms with van der Waals surface area (Å²) >= 11 is 0. The van der Waals surface area contributed by atoms with Gasteiger partial charge in [-0.2, -0.15) is 4.98 Å². The van der Waals surface area contributed by atoms with Crippen molar-refractivity contribution < 1.29 is 9.26 Å². The minimum atomic E-state index is -0.0344. The van der Waals surface area contributed by atoms with Gasteiger partial charge in [0.2, 0.25) is 0 Å². The molecule has 24 heavy (non-hydrogen) atoms. The third kappa shape index (κ3) is 2.92. The molecular weight excluding hydrogens is 306 g/mol. The van der Waals surface area contributed by atoms with E-state index in [1.54, 1.807) is 0 Å². The fourth-order valence-electron chi connectivity index (χ4n) is 2.98. The highest BCUT2D eigenvalue weighted by Crippen LogP contribution is 2.26. The molecule has 126 valence electrons. The van der Waals surface area contributed by atoms with E-state index in [0.29, 0.717) is 24.8 Å². The molecule has 3 aromatic rings. The molecule has 1 atom stereocenters. The van der Waals surface area contributed by atoms with Crippen LogP contribution < -0.4 is 5.32 Å². The number of aromatic nitrogens is 4. The number of imidazole rings is 1. The first kappa shape index (κ1) is 15.3. The van der Waals surface area contributed by atoms with Crippen molar-refractivity contribution in [2.75, 3.05) is 6.61 Å². The normalized spacial score (nSPS) is 17.8. The molecule has 1 saturated heterocycles. The second kappa shape index (κ2) is 6.33. The maximum atomic E-state index is 5.55. The van der Waals surface area contributed by atoms with Crippen molar-refractivity contribution >= 4 is 11.0 Å². The van der Waals surface area contributed by atoms with E-state index >= 15 is 0 Å². The first-order valence-electron chi connectivity index (χ1n) is 8.30. The van der Waals surface area contributed by atoms with Gasteiger partial charge in [0.15, 0.2) is 5.82 Å². The molecular formula is C17H21N5O2. The van der Waals surface area contributed by atoms with Crippen molar-refractivity contribution in [2.45, 2.75) is 45.9 Å². The Labute approximate surface area is 139 Å². The molecule has 2 aromatic heterocycles. The summed E-state index contributed by atoms with van der Waals surface area (Å²) in [5, 5.41) is 7.30. The number of ether oxygens (including phenoxy) is 1. The molecule has 0 aliphatic carbocycles. The molecule has 1 aromatic carbocycles. The topological polar surface area (TPSA) is 88.9 Å². The lowest BCUT2D eigenvalue weighted by molar-refractivity contribution is 0.0835. The summed E-state index contributed by atoms with van der Waals surface area (Å²) in [5.41, 5.74) is 4.57. The average Bonchev–Trinajstić information content (AvgIpc) is 3.30. The molecule has 4 rings (SSSR count). The number of rotatable bonds is 5. The summed E-state index contributed by atoms with van der Waals surface area (Å²) in [4.78, 5) is 12.4. The molecule has 2 N–H and O–H groups in total. The predicted molar refractivity (Wildman–Crippen MR) is 88.3 cm³/mol. The minimum absolute atomic E-state index is 0.0344. The summed E-state index contributed by atoms with van der Waals surface area (Å²) < 4.78 is 10.8. The molecule has 7 heteroatoms. The van der Waals surface area contributed by atoms with E-state index in [-0.39, 0.29) is 6.10 Å². The smallest absolute Gasteiger partial charge is 0.255 e. The Hall–Kier alpha value is -2.25. The van der Waals surface area contributed by atoms with Crippen LogP contribution in [-0.4, -0.2) is 26.7 Å². The number of benzene rings is 1. The number of hydrogen-bond acceptors (Lipinski definition) is 6. The van der Waals surface area contributed by atoms with Crippen LogP contribution in [-0.2, 0) is 17.8 Å². The number of nitrogens with zero attached hydrogens (tertiary/aromatic N) is 3. The second-order valence-electron chi connectivity index (χ2n) is 6.24. The molecule has 7 nitrogen and oxygen atoms in total. The van der Waals surface area contributed by atoms with Crippen LogP contribution in [0.15, 0.2) is 16.7 Å². The predicted octanol–water partition coefficient (Wildman–Crippen LogP) is 2.70. The van der Waals surface area contributed by atoms with E-state index < -0.39 is 0 Å². The van der Waals surface area contributed by atoms with Gasteiger partial charge in [0.1, 0.15) is 11.9 Å². The Balaban J connectivity index is 1.38. The van der Waals surface area contributed by atoms with Gasteiger partial charge in [0.25, 0.3) is 5.89 Å². The number of aryl methyl sites for hydroxylation is 2. The SMILES string of the molecule is Cc1ccc2[nH]c(CNCc3noc(C4CCCO4)n3)nc2c1C. The van der Waals surface area contributed by atoms with Crippen LogP contribution >= 0.6 is 0 Å². The number of nitrogens with one attached hydrogen (secondary N) is 2. The van der Waals surface area contributed by atoms with Crippen LogP contribution in [0, 0.1) is 13.8 Å². The third-order valence-corrected chi connectivity index (χ3v) is 4.49. The van der Waals surface area contributed by atoms with Crippen LogP contribution in [0.5, 0.6) is 0 Å². The van der Waals surface area contributed by atoms with Gasteiger partial charge >= 0.3 is 0 Å². The fourth-order valence-corrected chi connectivity index (χ4v) is 2.98.